The van der Waals surface area contributed by atoms with E-state index >= 15 is 0 Å². The lowest BCUT2D eigenvalue weighted by Crippen LogP contribution is -2.03. The molecule has 3 heterocycles. The first-order valence-corrected chi connectivity index (χ1v) is 7.16. The van der Waals surface area contributed by atoms with Gasteiger partial charge in [0, 0.05) is 0 Å². The zero-order valence-corrected chi connectivity index (χ0v) is 12.1. The third-order valence-corrected chi connectivity index (χ3v) is 3.66. The summed E-state index contributed by atoms with van der Waals surface area (Å²) in [6.07, 6.45) is 5.33. The second-order valence-corrected chi connectivity index (χ2v) is 5.11. The summed E-state index contributed by atoms with van der Waals surface area (Å²) in [5.41, 5.74) is 7.80. The topological polar surface area (TPSA) is 115 Å². The Bertz CT molecular complexity index is 760. The van der Waals surface area contributed by atoms with Gasteiger partial charge in [-0.2, -0.15) is 4.98 Å². The molecule has 0 bridgehead atoms. The Morgan fingerprint density at radius 3 is 2.81 bits per heavy atom. The number of anilines is 1. The Labute approximate surface area is 124 Å². The van der Waals surface area contributed by atoms with Gasteiger partial charge in [0.05, 0.1) is 12.9 Å². The molecule has 9 heteroatoms. The lowest BCUT2D eigenvalue weighted by Gasteiger charge is -2.09. The van der Waals surface area contributed by atoms with Crippen LogP contribution in [-0.4, -0.2) is 36.5 Å². The van der Waals surface area contributed by atoms with E-state index in [4.69, 9.17) is 10.5 Å². The van der Waals surface area contributed by atoms with E-state index in [1.807, 2.05) is 6.92 Å². The van der Waals surface area contributed by atoms with Crippen LogP contribution >= 0.6 is 11.8 Å². The van der Waals surface area contributed by atoms with Gasteiger partial charge in [0.2, 0.25) is 5.88 Å². The van der Waals surface area contributed by atoms with Crippen LogP contribution in [0.15, 0.2) is 29.0 Å². The van der Waals surface area contributed by atoms with E-state index in [0.29, 0.717) is 33.9 Å². The van der Waals surface area contributed by atoms with E-state index in [2.05, 4.69) is 29.9 Å². The molecule has 0 unspecified atom stereocenters. The lowest BCUT2D eigenvalue weighted by atomic mass is 10.5. The molecule has 0 aliphatic rings. The molecule has 0 radical (unpaired) electrons. The molecule has 0 saturated carbocycles. The van der Waals surface area contributed by atoms with Gasteiger partial charge in [-0.1, -0.05) is 6.92 Å². The Kier molecular flexibility index (Phi) is 3.82. The molecule has 3 aromatic heterocycles. The maximum absolute atomic E-state index is 6.05. The van der Waals surface area contributed by atoms with Gasteiger partial charge in [0.1, 0.15) is 33.9 Å². The van der Waals surface area contributed by atoms with Crippen molar-refractivity contribution in [3.05, 3.63) is 19.0 Å². The number of nitrogens with one attached hydrogen (secondary N) is 1. The monoisotopic (exact) mass is 303 g/mol. The molecule has 3 rings (SSSR count). The molecule has 0 saturated heterocycles. The average Bonchev–Trinajstić information content (AvgIpc) is 2.98. The lowest BCUT2D eigenvalue weighted by molar-refractivity contribution is 0.305. The first-order chi connectivity index (χ1) is 10.3. The van der Waals surface area contributed by atoms with Crippen molar-refractivity contribution < 1.29 is 4.74 Å². The van der Waals surface area contributed by atoms with Crippen LogP contribution in [0.2, 0.25) is 0 Å². The SMILES string of the molecule is CCCOc1ncnc(Sc2ncnc3nc[nH]c23)c1N. The van der Waals surface area contributed by atoms with Crippen LogP contribution < -0.4 is 10.5 Å². The van der Waals surface area contributed by atoms with E-state index in [0.717, 1.165) is 11.9 Å². The van der Waals surface area contributed by atoms with Gasteiger partial charge in [0.15, 0.2) is 5.65 Å². The fourth-order valence-corrected chi connectivity index (χ4v) is 2.50. The van der Waals surface area contributed by atoms with Gasteiger partial charge < -0.3 is 15.5 Å². The number of nitrogens with zero attached hydrogens (tertiary/aromatic N) is 5. The van der Waals surface area contributed by atoms with E-state index in [1.54, 1.807) is 6.33 Å². The summed E-state index contributed by atoms with van der Waals surface area (Å²) in [6, 6.07) is 0. The van der Waals surface area contributed by atoms with E-state index in [1.165, 1.54) is 24.4 Å². The molecule has 0 spiro atoms. The molecular weight excluding hydrogens is 290 g/mol. The number of aromatic nitrogens is 6. The molecule has 21 heavy (non-hydrogen) atoms. The van der Waals surface area contributed by atoms with Crippen molar-refractivity contribution in [3.8, 4) is 5.88 Å². The van der Waals surface area contributed by atoms with Crippen LogP contribution in [0, 0.1) is 0 Å². The molecule has 108 valence electrons. The number of nitrogens with two attached hydrogens (primary N) is 1. The Hall–Kier alpha value is -2.42. The van der Waals surface area contributed by atoms with Crippen LogP contribution in [-0.2, 0) is 0 Å². The number of hydrogen-bond donors (Lipinski definition) is 2. The van der Waals surface area contributed by atoms with Crippen LogP contribution in [0.1, 0.15) is 13.3 Å². The summed E-state index contributed by atoms with van der Waals surface area (Å²) in [6.45, 7) is 2.58. The minimum atomic E-state index is 0.393. The largest absolute Gasteiger partial charge is 0.476 e. The summed E-state index contributed by atoms with van der Waals surface area (Å²) in [5, 5.41) is 1.29. The van der Waals surface area contributed by atoms with Crippen molar-refractivity contribution in [3.63, 3.8) is 0 Å². The van der Waals surface area contributed by atoms with E-state index in [-0.39, 0.29) is 0 Å². The van der Waals surface area contributed by atoms with Crippen LogP contribution in [0.5, 0.6) is 5.88 Å². The standard InChI is InChI=1S/C12H13N7OS/c1-2-3-20-10-7(13)11(18-6-17-10)21-12-8-9(15-4-14-8)16-5-19-12/h4-6H,2-3,13H2,1H3,(H,14,15,16,19). The van der Waals surface area contributed by atoms with Crippen molar-refractivity contribution in [2.75, 3.05) is 12.3 Å². The molecule has 0 amide bonds. The highest BCUT2D eigenvalue weighted by Crippen LogP contribution is 2.34. The van der Waals surface area contributed by atoms with Crippen molar-refractivity contribution in [1.29, 1.82) is 0 Å². The van der Waals surface area contributed by atoms with Gasteiger partial charge in [-0.3, -0.25) is 0 Å². The second-order valence-electron chi connectivity index (χ2n) is 4.13. The number of fused-ring (bicyclic) bond motifs is 1. The highest BCUT2D eigenvalue weighted by atomic mass is 32.2. The molecule has 0 aliphatic carbocycles. The third kappa shape index (κ3) is 2.72. The molecular formula is C12H13N7OS. The molecule has 0 atom stereocenters. The number of aromatic amines is 1. The number of ether oxygens (including phenoxy) is 1. The highest BCUT2D eigenvalue weighted by molar-refractivity contribution is 7.99. The van der Waals surface area contributed by atoms with Gasteiger partial charge in [-0.05, 0) is 18.2 Å². The van der Waals surface area contributed by atoms with Crippen molar-refractivity contribution in [1.82, 2.24) is 29.9 Å². The summed E-state index contributed by atoms with van der Waals surface area (Å²) in [5.74, 6) is 0.393. The minimum absolute atomic E-state index is 0.393. The Morgan fingerprint density at radius 1 is 1.14 bits per heavy atom. The predicted octanol–water partition coefficient (Wildman–Crippen LogP) is 1.67. The molecule has 0 aromatic carbocycles. The zero-order chi connectivity index (χ0) is 14.7. The fraction of sp³-hybridized carbons (Fsp3) is 0.250. The van der Waals surface area contributed by atoms with Crippen molar-refractivity contribution >= 4 is 28.6 Å². The summed E-state index contributed by atoms with van der Waals surface area (Å²) in [4.78, 5) is 23.6. The van der Waals surface area contributed by atoms with Crippen LogP contribution in [0.4, 0.5) is 5.69 Å². The third-order valence-electron chi connectivity index (χ3n) is 2.64. The van der Waals surface area contributed by atoms with Crippen molar-refractivity contribution in [2.24, 2.45) is 0 Å². The molecule has 0 fully saturated rings. The Morgan fingerprint density at radius 2 is 1.95 bits per heavy atom. The zero-order valence-electron chi connectivity index (χ0n) is 11.3. The number of H-pyrrole nitrogens is 1. The van der Waals surface area contributed by atoms with Gasteiger partial charge >= 0.3 is 0 Å². The summed E-state index contributed by atoms with van der Waals surface area (Å²) < 4.78 is 5.49. The predicted molar refractivity (Wildman–Crippen MR) is 78.0 cm³/mol. The maximum atomic E-state index is 6.05. The smallest absolute Gasteiger partial charge is 0.241 e. The minimum Gasteiger partial charge on any atom is -0.476 e. The normalized spacial score (nSPS) is 10.9. The molecule has 3 N–H and O–H groups in total. The van der Waals surface area contributed by atoms with Crippen LogP contribution in [0.3, 0.4) is 0 Å². The van der Waals surface area contributed by atoms with Crippen LogP contribution in [0.25, 0.3) is 11.2 Å². The first-order valence-electron chi connectivity index (χ1n) is 6.34. The number of hydrogen-bond acceptors (Lipinski definition) is 8. The number of nitrogen functional groups attached to an aromatic ring is 1. The van der Waals surface area contributed by atoms with E-state index in [9.17, 15) is 0 Å². The number of imidazole rings is 1. The maximum Gasteiger partial charge on any atom is 0.241 e. The summed E-state index contributed by atoms with van der Waals surface area (Å²) >= 11 is 1.32. The van der Waals surface area contributed by atoms with Crippen molar-refractivity contribution in [2.45, 2.75) is 23.4 Å². The molecule has 8 nitrogen and oxygen atoms in total. The van der Waals surface area contributed by atoms with Gasteiger partial charge in [0.25, 0.3) is 0 Å². The highest BCUT2D eigenvalue weighted by Gasteiger charge is 2.14. The molecule has 0 aliphatic heterocycles. The molecule has 3 aromatic rings. The average molecular weight is 303 g/mol. The first kappa shape index (κ1) is 13.6. The van der Waals surface area contributed by atoms with Gasteiger partial charge in [-0.25, -0.2) is 19.9 Å². The number of rotatable bonds is 5. The Balaban J connectivity index is 1.93. The quantitative estimate of drug-likeness (QED) is 0.684. The van der Waals surface area contributed by atoms with E-state index < -0.39 is 0 Å². The summed E-state index contributed by atoms with van der Waals surface area (Å²) in [7, 11) is 0. The second kappa shape index (κ2) is 5.92. The fourth-order valence-electron chi connectivity index (χ4n) is 1.67. The van der Waals surface area contributed by atoms with Gasteiger partial charge in [-0.15, -0.1) is 0 Å².